The minimum absolute atomic E-state index is 0. The van der Waals surface area contributed by atoms with Gasteiger partial charge in [0.2, 0.25) is 5.91 Å². The van der Waals surface area contributed by atoms with Gasteiger partial charge in [-0.2, -0.15) is 0 Å². The molecule has 0 bridgehead atoms. The van der Waals surface area contributed by atoms with Gasteiger partial charge in [0.1, 0.15) is 18.2 Å². The Bertz CT molecular complexity index is 540. The number of carbonyl (C=O) groups excluding carboxylic acids is 1. The molecule has 1 N–H and O–H groups in total. The molecule has 140 valence electrons. The summed E-state index contributed by atoms with van der Waals surface area (Å²) in [6, 6.07) is 5.85. The van der Waals surface area contributed by atoms with E-state index >= 15 is 0 Å². The summed E-state index contributed by atoms with van der Waals surface area (Å²) in [6.45, 7) is 6.20. The van der Waals surface area contributed by atoms with Gasteiger partial charge in [-0.1, -0.05) is 0 Å². The third-order valence-corrected chi connectivity index (χ3v) is 4.37. The summed E-state index contributed by atoms with van der Waals surface area (Å²) in [5, 5.41) is 3.30. The molecule has 1 atom stereocenters. The molecule has 25 heavy (non-hydrogen) atoms. The molecule has 0 radical (unpaired) electrons. The van der Waals surface area contributed by atoms with E-state index in [2.05, 4.69) is 10.2 Å². The van der Waals surface area contributed by atoms with Crippen LogP contribution in [0.25, 0.3) is 0 Å². The predicted molar refractivity (Wildman–Crippen MR) is 94.8 cm³/mol. The van der Waals surface area contributed by atoms with Gasteiger partial charge in [0.05, 0.1) is 19.3 Å². The van der Waals surface area contributed by atoms with Crippen molar-refractivity contribution < 1.29 is 18.7 Å². The van der Waals surface area contributed by atoms with Crippen molar-refractivity contribution >= 4 is 18.3 Å². The molecule has 1 unspecified atom stereocenters. The van der Waals surface area contributed by atoms with E-state index in [1.807, 2.05) is 4.90 Å². The Balaban J connectivity index is 0.00000225. The minimum Gasteiger partial charge on any atom is -0.492 e. The average Bonchev–Trinajstić information content (AvgIpc) is 2.64. The number of hydrogen-bond acceptors (Lipinski definition) is 5. The molecule has 3 rings (SSSR count). The maximum absolute atomic E-state index is 12.9. The number of piperazine rings is 1. The Morgan fingerprint density at radius 1 is 1.24 bits per heavy atom. The predicted octanol–water partition coefficient (Wildman–Crippen LogP) is 0.759. The highest BCUT2D eigenvalue weighted by atomic mass is 35.5. The van der Waals surface area contributed by atoms with Crippen molar-refractivity contribution in [1.82, 2.24) is 15.1 Å². The Morgan fingerprint density at radius 3 is 2.68 bits per heavy atom. The maximum atomic E-state index is 12.9. The van der Waals surface area contributed by atoms with Gasteiger partial charge in [0.25, 0.3) is 0 Å². The summed E-state index contributed by atoms with van der Waals surface area (Å²) >= 11 is 0. The molecule has 0 saturated carbocycles. The molecule has 8 heteroatoms. The topological polar surface area (TPSA) is 54.0 Å². The lowest BCUT2D eigenvalue weighted by molar-refractivity contribution is -0.138. The lowest BCUT2D eigenvalue weighted by atomic mass is 10.1. The van der Waals surface area contributed by atoms with Crippen LogP contribution in [-0.4, -0.2) is 80.8 Å². The van der Waals surface area contributed by atoms with Gasteiger partial charge in [-0.15, -0.1) is 12.4 Å². The molecule has 0 aromatic heterocycles. The molecular weight excluding hydrogens is 349 g/mol. The first kappa shape index (κ1) is 19.9. The van der Waals surface area contributed by atoms with E-state index in [1.165, 1.54) is 12.1 Å². The van der Waals surface area contributed by atoms with Gasteiger partial charge < -0.3 is 19.7 Å². The number of hydrogen-bond donors (Lipinski definition) is 1. The van der Waals surface area contributed by atoms with Crippen molar-refractivity contribution in [2.24, 2.45) is 0 Å². The third kappa shape index (κ3) is 5.81. The van der Waals surface area contributed by atoms with Crippen LogP contribution in [0.4, 0.5) is 4.39 Å². The Labute approximate surface area is 153 Å². The summed E-state index contributed by atoms with van der Waals surface area (Å²) in [6.07, 6.45) is 0. The summed E-state index contributed by atoms with van der Waals surface area (Å²) in [5.74, 6) is 0.545. The highest BCUT2D eigenvalue weighted by molar-refractivity contribution is 5.85. The summed E-state index contributed by atoms with van der Waals surface area (Å²) in [5.41, 5.74) is 0. The van der Waals surface area contributed by atoms with E-state index in [1.54, 1.807) is 12.1 Å². The number of morpholine rings is 1. The lowest BCUT2D eigenvalue weighted by Gasteiger charge is -2.36. The normalized spacial score (nSPS) is 21.5. The van der Waals surface area contributed by atoms with Crippen LogP contribution in [0.3, 0.4) is 0 Å². The first-order valence-electron chi connectivity index (χ1n) is 8.43. The second-order valence-corrected chi connectivity index (χ2v) is 6.05. The Kier molecular flexibility index (Phi) is 7.90. The minimum atomic E-state index is -0.270. The quantitative estimate of drug-likeness (QED) is 0.826. The van der Waals surface area contributed by atoms with E-state index < -0.39 is 0 Å². The second-order valence-electron chi connectivity index (χ2n) is 6.05. The van der Waals surface area contributed by atoms with Crippen LogP contribution in [0.5, 0.6) is 5.75 Å². The van der Waals surface area contributed by atoms with Gasteiger partial charge >= 0.3 is 0 Å². The molecule has 2 saturated heterocycles. The molecule has 6 nitrogen and oxygen atoms in total. The SMILES string of the molecule is Cl.O=C(C1CN(CCOc2ccc(F)cc2)CCN1)N1CCOCC1. The number of halogens is 2. The monoisotopic (exact) mass is 373 g/mol. The first-order valence-corrected chi connectivity index (χ1v) is 8.43. The zero-order valence-electron chi connectivity index (χ0n) is 14.2. The Morgan fingerprint density at radius 2 is 1.96 bits per heavy atom. The van der Waals surface area contributed by atoms with E-state index in [9.17, 15) is 9.18 Å². The number of carbonyl (C=O) groups is 1. The first-order chi connectivity index (χ1) is 11.7. The molecule has 0 aliphatic carbocycles. The van der Waals surface area contributed by atoms with Crippen LogP contribution in [-0.2, 0) is 9.53 Å². The number of nitrogens with zero attached hydrogens (tertiary/aromatic N) is 2. The van der Waals surface area contributed by atoms with Crippen molar-refractivity contribution in [2.45, 2.75) is 6.04 Å². The van der Waals surface area contributed by atoms with E-state index in [0.29, 0.717) is 45.2 Å². The Hall–Kier alpha value is -1.41. The third-order valence-electron chi connectivity index (χ3n) is 4.37. The van der Waals surface area contributed by atoms with Crippen LogP contribution < -0.4 is 10.1 Å². The van der Waals surface area contributed by atoms with Crippen LogP contribution in [0.2, 0.25) is 0 Å². The molecule has 1 aromatic rings. The van der Waals surface area contributed by atoms with Crippen molar-refractivity contribution in [3.05, 3.63) is 30.1 Å². The van der Waals surface area contributed by atoms with Crippen LogP contribution in [0.15, 0.2) is 24.3 Å². The van der Waals surface area contributed by atoms with Gasteiger partial charge in [-0.3, -0.25) is 9.69 Å². The molecule has 2 aliphatic heterocycles. The fourth-order valence-corrected chi connectivity index (χ4v) is 3.01. The van der Waals surface area contributed by atoms with Crippen LogP contribution >= 0.6 is 12.4 Å². The zero-order chi connectivity index (χ0) is 16.8. The highest BCUT2D eigenvalue weighted by Crippen LogP contribution is 2.11. The van der Waals surface area contributed by atoms with Crippen LogP contribution in [0, 0.1) is 5.82 Å². The average molecular weight is 374 g/mol. The van der Waals surface area contributed by atoms with Gasteiger partial charge in [-0.05, 0) is 24.3 Å². The largest absolute Gasteiger partial charge is 0.492 e. The standard InChI is InChI=1S/C17H24FN3O3.ClH/c18-14-1-3-15(4-2-14)24-12-7-20-6-5-19-16(13-20)17(22)21-8-10-23-11-9-21;/h1-4,16,19H,5-13H2;1H. The molecule has 1 amide bonds. The number of benzene rings is 1. The van der Waals surface area contributed by atoms with Gasteiger partial charge in [-0.25, -0.2) is 4.39 Å². The molecule has 0 spiro atoms. The lowest BCUT2D eigenvalue weighted by Crippen LogP contribution is -2.59. The fraction of sp³-hybridized carbons (Fsp3) is 0.588. The van der Waals surface area contributed by atoms with Crippen molar-refractivity contribution in [3.8, 4) is 5.75 Å². The van der Waals surface area contributed by atoms with Gasteiger partial charge in [0.15, 0.2) is 0 Å². The number of nitrogens with one attached hydrogen (secondary N) is 1. The summed E-state index contributed by atoms with van der Waals surface area (Å²) in [7, 11) is 0. The van der Waals surface area contributed by atoms with Crippen LogP contribution in [0.1, 0.15) is 0 Å². The molecule has 2 aliphatic rings. The number of amides is 1. The number of ether oxygens (including phenoxy) is 2. The molecular formula is C17H25ClFN3O3. The van der Waals surface area contributed by atoms with E-state index in [4.69, 9.17) is 9.47 Å². The second kappa shape index (κ2) is 9.91. The van der Waals surface area contributed by atoms with Crippen molar-refractivity contribution in [1.29, 1.82) is 0 Å². The van der Waals surface area contributed by atoms with E-state index in [0.717, 1.165) is 19.6 Å². The zero-order valence-corrected chi connectivity index (χ0v) is 15.0. The molecule has 1 aromatic carbocycles. The van der Waals surface area contributed by atoms with Gasteiger partial charge in [0, 0.05) is 39.3 Å². The number of rotatable bonds is 5. The highest BCUT2D eigenvalue weighted by Gasteiger charge is 2.29. The molecule has 2 heterocycles. The smallest absolute Gasteiger partial charge is 0.241 e. The van der Waals surface area contributed by atoms with Crippen molar-refractivity contribution in [2.75, 3.05) is 59.1 Å². The van der Waals surface area contributed by atoms with E-state index in [-0.39, 0.29) is 30.2 Å². The fourth-order valence-electron chi connectivity index (χ4n) is 3.01. The summed E-state index contributed by atoms with van der Waals surface area (Å²) in [4.78, 5) is 16.6. The summed E-state index contributed by atoms with van der Waals surface area (Å²) < 4.78 is 23.8. The molecule has 2 fully saturated rings. The maximum Gasteiger partial charge on any atom is 0.241 e. The van der Waals surface area contributed by atoms with Crippen molar-refractivity contribution in [3.63, 3.8) is 0 Å².